The lowest BCUT2D eigenvalue weighted by molar-refractivity contribution is 0.414. The van der Waals surface area contributed by atoms with Gasteiger partial charge in [-0.2, -0.15) is 0 Å². The summed E-state index contributed by atoms with van der Waals surface area (Å²) in [5.41, 5.74) is 1.89. The summed E-state index contributed by atoms with van der Waals surface area (Å²) in [6.45, 7) is 5.88. The Kier molecular flexibility index (Phi) is 5.24. The highest BCUT2D eigenvalue weighted by molar-refractivity contribution is 7.88. The quantitative estimate of drug-likeness (QED) is 0.909. The highest BCUT2D eigenvalue weighted by Gasteiger charge is 2.19. The summed E-state index contributed by atoms with van der Waals surface area (Å²) in [5.74, 6) is 0.839. The Morgan fingerprint density at radius 2 is 1.79 bits per heavy atom. The first-order chi connectivity index (χ1) is 8.65. The van der Waals surface area contributed by atoms with Gasteiger partial charge in [0.2, 0.25) is 10.0 Å². The maximum absolute atomic E-state index is 11.3. The molecule has 0 radical (unpaired) electrons. The molecule has 1 aromatic rings. The van der Waals surface area contributed by atoms with E-state index in [4.69, 9.17) is 16.3 Å². The van der Waals surface area contributed by atoms with Crippen molar-refractivity contribution in [2.24, 2.45) is 0 Å². The van der Waals surface area contributed by atoms with Gasteiger partial charge in [0.15, 0.2) is 0 Å². The van der Waals surface area contributed by atoms with Crippen LogP contribution in [0.2, 0.25) is 5.02 Å². The molecule has 0 amide bonds. The molecule has 0 aromatic heterocycles. The van der Waals surface area contributed by atoms with Gasteiger partial charge in [0, 0.05) is 6.04 Å². The van der Waals surface area contributed by atoms with E-state index >= 15 is 0 Å². The van der Waals surface area contributed by atoms with E-state index in [0.29, 0.717) is 10.8 Å². The molecule has 0 spiro atoms. The molecule has 1 aromatic carbocycles. The molecule has 108 valence electrons. The summed E-state index contributed by atoms with van der Waals surface area (Å²) in [4.78, 5) is 0. The Bertz CT molecular complexity index is 555. The zero-order chi connectivity index (χ0) is 14.8. The minimum absolute atomic E-state index is 0.241. The Hall–Kier alpha value is -0.780. The zero-order valence-electron chi connectivity index (χ0n) is 11.8. The van der Waals surface area contributed by atoms with Crippen molar-refractivity contribution in [3.05, 3.63) is 28.3 Å². The third-order valence-corrected chi connectivity index (χ3v) is 3.91. The van der Waals surface area contributed by atoms with E-state index in [9.17, 15) is 8.42 Å². The van der Waals surface area contributed by atoms with Crippen LogP contribution in [0.3, 0.4) is 0 Å². The van der Waals surface area contributed by atoms with Crippen molar-refractivity contribution in [3.63, 3.8) is 0 Å². The summed E-state index contributed by atoms with van der Waals surface area (Å²) < 4.78 is 30.4. The second-order valence-electron chi connectivity index (χ2n) is 4.88. The standard InChI is InChI=1S/C13H20ClNO3S/c1-8(2)10-7-13(18-4)12(14)6-11(10)9(3)15-19(5,16)17/h6-9,15H,1-5H3. The lowest BCUT2D eigenvalue weighted by Gasteiger charge is -2.21. The number of halogens is 1. The second-order valence-corrected chi connectivity index (χ2v) is 7.07. The normalized spacial score (nSPS) is 13.6. The molecule has 1 rings (SSSR count). The predicted octanol–water partition coefficient (Wildman–Crippen LogP) is 3.08. The van der Waals surface area contributed by atoms with Crippen LogP contribution < -0.4 is 9.46 Å². The zero-order valence-corrected chi connectivity index (χ0v) is 13.4. The number of methoxy groups -OCH3 is 1. The molecule has 4 nitrogen and oxygen atoms in total. The molecule has 6 heteroatoms. The van der Waals surface area contributed by atoms with Crippen LogP contribution in [-0.4, -0.2) is 21.8 Å². The number of rotatable bonds is 5. The Labute approximate surface area is 120 Å². The van der Waals surface area contributed by atoms with Gasteiger partial charge in [0.1, 0.15) is 5.75 Å². The van der Waals surface area contributed by atoms with Gasteiger partial charge in [0.25, 0.3) is 0 Å². The van der Waals surface area contributed by atoms with Gasteiger partial charge in [0.05, 0.1) is 18.4 Å². The molecule has 0 aliphatic carbocycles. The largest absolute Gasteiger partial charge is 0.495 e. The molecule has 0 saturated heterocycles. The first-order valence-corrected chi connectivity index (χ1v) is 8.27. The van der Waals surface area contributed by atoms with E-state index in [1.807, 2.05) is 19.9 Å². The number of hydrogen-bond acceptors (Lipinski definition) is 3. The third-order valence-electron chi connectivity index (χ3n) is 2.84. The van der Waals surface area contributed by atoms with Crippen LogP contribution in [-0.2, 0) is 10.0 Å². The van der Waals surface area contributed by atoms with Crippen LogP contribution in [0.5, 0.6) is 5.75 Å². The molecule has 0 heterocycles. The number of ether oxygens (including phenoxy) is 1. The SMILES string of the molecule is COc1cc(C(C)C)c(C(C)NS(C)(=O)=O)cc1Cl. The van der Waals surface area contributed by atoms with Crippen molar-refractivity contribution >= 4 is 21.6 Å². The van der Waals surface area contributed by atoms with Crippen molar-refractivity contribution < 1.29 is 13.2 Å². The molecular formula is C13H20ClNO3S. The summed E-state index contributed by atoms with van der Waals surface area (Å²) in [5, 5.41) is 0.476. The molecular weight excluding hydrogens is 286 g/mol. The number of nitrogens with one attached hydrogen (secondary N) is 1. The molecule has 0 aliphatic heterocycles. The molecule has 19 heavy (non-hydrogen) atoms. The minimum Gasteiger partial charge on any atom is -0.495 e. The number of benzene rings is 1. The van der Waals surface area contributed by atoms with Gasteiger partial charge >= 0.3 is 0 Å². The van der Waals surface area contributed by atoms with E-state index in [-0.39, 0.29) is 12.0 Å². The van der Waals surface area contributed by atoms with Crippen LogP contribution in [0, 0.1) is 0 Å². The monoisotopic (exact) mass is 305 g/mol. The predicted molar refractivity (Wildman–Crippen MR) is 78.5 cm³/mol. The topological polar surface area (TPSA) is 55.4 Å². The van der Waals surface area contributed by atoms with E-state index < -0.39 is 10.0 Å². The Morgan fingerprint density at radius 1 is 1.21 bits per heavy atom. The third kappa shape index (κ3) is 4.37. The summed E-state index contributed by atoms with van der Waals surface area (Å²) >= 11 is 6.12. The van der Waals surface area contributed by atoms with Crippen LogP contribution in [0.1, 0.15) is 43.9 Å². The summed E-state index contributed by atoms with van der Waals surface area (Å²) in [7, 11) is -1.71. The van der Waals surface area contributed by atoms with Crippen molar-refractivity contribution in [2.75, 3.05) is 13.4 Å². The van der Waals surface area contributed by atoms with Gasteiger partial charge in [-0.1, -0.05) is 25.4 Å². The Morgan fingerprint density at radius 3 is 2.21 bits per heavy atom. The van der Waals surface area contributed by atoms with E-state index in [1.54, 1.807) is 20.1 Å². The fraction of sp³-hybridized carbons (Fsp3) is 0.538. The van der Waals surface area contributed by atoms with E-state index in [2.05, 4.69) is 4.72 Å². The highest BCUT2D eigenvalue weighted by atomic mass is 35.5. The molecule has 1 unspecified atom stereocenters. The van der Waals surface area contributed by atoms with E-state index in [1.165, 1.54) is 0 Å². The highest BCUT2D eigenvalue weighted by Crippen LogP contribution is 2.34. The Balaban J connectivity index is 3.29. The van der Waals surface area contributed by atoms with Crippen LogP contribution >= 0.6 is 11.6 Å². The lowest BCUT2D eigenvalue weighted by Crippen LogP contribution is -2.26. The molecule has 1 N–H and O–H groups in total. The van der Waals surface area contributed by atoms with Gasteiger partial charge < -0.3 is 4.74 Å². The van der Waals surface area contributed by atoms with E-state index in [0.717, 1.165) is 17.4 Å². The van der Waals surface area contributed by atoms with Crippen LogP contribution in [0.25, 0.3) is 0 Å². The van der Waals surface area contributed by atoms with Crippen molar-refractivity contribution in [1.29, 1.82) is 0 Å². The smallest absolute Gasteiger partial charge is 0.209 e. The lowest BCUT2D eigenvalue weighted by atomic mass is 9.93. The number of sulfonamides is 1. The molecule has 1 atom stereocenters. The van der Waals surface area contributed by atoms with Crippen LogP contribution in [0.15, 0.2) is 12.1 Å². The first-order valence-electron chi connectivity index (χ1n) is 6.00. The van der Waals surface area contributed by atoms with Gasteiger partial charge in [-0.15, -0.1) is 0 Å². The summed E-state index contributed by atoms with van der Waals surface area (Å²) in [6, 6.07) is 3.29. The average molecular weight is 306 g/mol. The molecule has 0 aliphatic rings. The fourth-order valence-corrected chi connectivity index (χ4v) is 3.02. The molecule has 0 saturated carbocycles. The average Bonchev–Trinajstić information content (AvgIpc) is 2.25. The number of hydrogen-bond donors (Lipinski definition) is 1. The van der Waals surface area contributed by atoms with Crippen molar-refractivity contribution in [3.8, 4) is 5.75 Å². The maximum Gasteiger partial charge on any atom is 0.209 e. The van der Waals surface area contributed by atoms with Crippen LogP contribution in [0.4, 0.5) is 0 Å². The second kappa shape index (κ2) is 6.11. The van der Waals surface area contributed by atoms with Gasteiger partial charge in [-0.05, 0) is 36.1 Å². The maximum atomic E-state index is 11.3. The molecule has 0 fully saturated rings. The minimum atomic E-state index is -3.27. The molecule has 0 bridgehead atoms. The summed E-state index contributed by atoms with van der Waals surface area (Å²) in [6.07, 6.45) is 1.14. The van der Waals surface area contributed by atoms with Gasteiger partial charge in [-0.25, -0.2) is 13.1 Å². The fourth-order valence-electron chi connectivity index (χ4n) is 2.00. The van der Waals surface area contributed by atoms with Gasteiger partial charge in [-0.3, -0.25) is 0 Å². The van der Waals surface area contributed by atoms with Crippen molar-refractivity contribution in [2.45, 2.75) is 32.7 Å². The first kappa shape index (κ1) is 16.3. The van der Waals surface area contributed by atoms with Crippen molar-refractivity contribution in [1.82, 2.24) is 4.72 Å².